The fraction of sp³-hybridized carbons (Fsp3) is 0.500. The molecule has 1 rings (SSSR count). The molecule has 0 radical (unpaired) electrons. The van der Waals surface area contributed by atoms with Gasteiger partial charge in [0.1, 0.15) is 0 Å². The van der Waals surface area contributed by atoms with Gasteiger partial charge in [0.05, 0.1) is 12.8 Å². The van der Waals surface area contributed by atoms with Crippen molar-refractivity contribution in [2.45, 2.75) is 31.7 Å². The van der Waals surface area contributed by atoms with Crippen molar-refractivity contribution in [3.63, 3.8) is 0 Å². The van der Waals surface area contributed by atoms with Gasteiger partial charge in [-0.2, -0.15) is 11.3 Å². The monoisotopic (exact) mass is 335 g/mol. The lowest BCUT2D eigenvalue weighted by molar-refractivity contribution is -0.139. The van der Waals surface area contributed by atoms with Crippen LogP contribution in [-0.4, -0.2) is 39.2 Å². The standard InChI is InChI=1S/C12H18NO6PS/c14-11(15)6-10(7-12(16)17)13-20(18,19)4-1-2-9-3-5-21-8-9/h3,5,8,10H,1-2,4,6-7H2,(H,14,15)(H,16,17)(H2,13,18,19). The molecule has 4 N–H and O–H groups in total. The van der Waals surface area contributed by atoms with E-state index < -0.39 is 38.3 Å². The fourth-order valence-electron chi connectivity index (χ4n) is 1.87. The van der Waals surface area contributed by atoms with E-state index in [9.17, 15) is 19.0 Å². The first-order valence-corrected chi connectivity index (χ1v) is 9.11. The number of nitrogens with one attached hydrogen (secondary N) is 1. The first-order chi connectivity index (χ1) is 9.78. The maximum atomic E-state index is 12.0. The number of carboxylic acids is 2. The molecule has 0 spiro atoms. The maximum absolute atomic E-state index is 12.0. The highest BCUT2D eigenvalue weighted by molar-refractivity contribution is 7.55. The van der Waals surface area contributed by atoms with E-state index in [4.69, 9.17) is 10.2 Å². The van der Waals surface area contributed by atoms with Gasteiger partial charge >= 0.3 is 11.9 Å². The van der Waals surface area contributed by atoms with Crippen molar-refractivity contribution in [2.75, 3.05) is 6.16 Å². The molecule has 118 valence electrons. The van der Waals surface area contributed by atoms with Gasteiger partial charge in [-0.05, 0) is 35.2 Å². The van der Waals surface area contributed by atoms with Crippen molar-refractivity contribution in [3.8, 4) is 0 Å². The molecule has 0 aliphatic heterocycles. The molecule has 7 nitrogen and oxygen atoms in total. The van der Waals surface area contributed by atoms with Gasteiger partial charge in [0.15, 0.2) is 0 Å². The molecule has 1 aromatic rings. The van der Waals surface area contributed by atoms with Crippen molar-refractivity contribution >= 4 is 30.8 Å². The van der Waals surface area contributed by atoms with Crippen LogP contribution in [0.4, 0.5) is 0 Å². The zero-order chi connectivity index (χ0) is 15.9. The Morgan fingerprint density at radius 1 is 1.29 bits per heavy atom. The smallest absolute Gasteiger partial charge is 0.304 e. The Bertz CT molecular complexity index is 502. The Hall–Kier alpha value is -1.21. The van der Waals surface area contributed by atoms with Crippen molar-refractivity contribution in [3.05, 3.63) is 22.4 Å². The summed E-state index contributed by atoms with van der Waals surface area (Å²) in [5, 5.41) is 23.5. The second-order valence-corrected chi connectivity index (χ2v) is 7.57. The summed E-state index contributed by atoms with van der Waals surface area (Å²) in [6.45, 7) is 0. The number of carbonyl (C=O) groups is 2. The predicted octanol–water partition coefficient (Wildman–Crippen LogP) is 1.77. The summed E-state index contributed by atoms with van der Waals surface area (Å²) >= 11 is 1.54. The van der Waals surface area contributed by atoms with Crippen LogP contribution in [0.1, 0.15) is 24.8 Å². The zero-order valence-electron chi connectivity index (χ0n) is 11.3. The fourth-order valence-corrected chi connectivity index (χ4v) is 4.04. The summed E-state index contributed by atoms with van der Waals surface area (Å²) in [6, 6.07) is 0.870. The molecule has 1 aromatic heterocycles. The van der Waals surface area contributed by atoms with Gasteiger partial charge < -0.3 is 15.1 Å². The number of thiophene rings is 1. The Morgan fingerprint density at radius 2 is 1.90 bits per heavy atom. The molecule has 1 atom stereocenters. The van der Waals surface area contributed by atoms with Gasteiger partial charge in [0.25, 0.3) is 7.52 Å². The van der Waals surface area contributed by atoms with Gasteiger partial charge in [0, 0.05) is 12.2 Å². The quantitative estimate of drug-likeness (QED) is 0.480. The van der Waals surface area contributed by atoms with Crippen molar-refractivity contribution in [1.82, 2.24) is 5.09 Å². The molecule has 21 heavy (non-hydrogen) atoms. The summed E-state index contributed by atoms with van der Waals surface area (Å²) in [6.07, 6.45) is 0.0595. The lowest BCUT2D eigenvalue weighted by Gasteiger charge is -2.19. The number of carboxylic acid groups (broad SMARTS) is 2. The highest BCUT2D eigenvalue weighted by Crippen LogP contribution is 2.38. The van der Waals surface area contributed by atoms with Crippen LogP contribution in [0, 0.1) is 0 Å². The summed E-state index contributed by atoms with van der Waals surface area (Å²) in [5.41, 5.74) is 1.08. The Labute approximate surface area is 126 Å². The Kier molecular flexibility index (Phi) is 7.04. The predicted molar refractivity (Wildman–Crippen MR) is 78.8 cm³/mol. The lowest BCUT2D eigenvalue weighted by Crippen LogP contribution is -2.32. The average molecular weight is 335 g/mol. The van der Waals surface area contributed by atoms with Gasteiger partial charge in [-0.3, -0.25) is 14.2 Å². The number of rotatable bonds is 10. The van der Waals surface area contributed by atoms with Crippen molar-refractivity contribution in [1.29, 1.82) is 0 Å². The molecule has 0 amide bonds. The maximum Gasteiger partial charge on any atom is 0.304 e. The van der Waals surface area contributed by atoms with Crippen LogP contribution in [-0.2, 0) is 20.6 Å². The second kappa shape index (κ2) is 8.29. The van der Waals surface area contributed by atoms with E-state index in [1.165, 1.54) is 0 Å². The minimum absolute atomic E-state index is 0.0292. The third kappa shape index (κ3) is 7.96. The van der Waals surface area contributed by atoms with Crippen LogP contribution >= 0.6 is 18.9 Å². The zero-order valence-corrected chi connectivity index (χ0v) is 13.0. The Balaban J connectivity index is 2.48. The lowest BCUT2D eigenvalue weighted by atomic mass is 10.1. The molecule has 0 aliphatic rings. The number of aryl methyl sites for hydroxylation is 1. The molecular formula is C12H18NO6PS. The van der Waals surface area contributed by atoms with Crippen LogP contribution < -0.4 is 5.09 Å². The largest absolute Gasteiger partial charge is 0.481 e. The van der Waals surface area contributed by atoms with Crippen LogP contribution in [0.2, 0.25) is 0 Å². The van der Waals surface area contributed by atoms with Crippen LogP contribution in [0.15, 0.2) is 16.8 Å². The number of hydrogen-bond acceptors (Lipinski definition) is 4. The molecule has 0 fully saturated rings. The van der Waals surface area contributed by atoms with Crippen LogP contribution in [0.3, 0.4) is 0 Å². The molecular weight excluding hydrogens is 317 g/mol. The normalized spacial score (nSPS) is 14.0. The summed E-state index contributed by atoms with van der Waals surface area (Å²) < 4.78 is 12.0. The second-order valence-electron chi connectivity index (χ2n) is 4.68. The molecule has 0 saturated heterocycles. The van der Waals surface area contributed by atoms with E-state index in [0.29, 0.717) is 12.8 Å². The van der Waals surface area contributed by atoms with E-state index in [0.717, 1.165) is 5.56 Å². The third-order valence-corrected chi connectivity index (χ3v) is 5.16. The topological polar surface area (TPSA) is 124 Å². The number of hydrogen-bond donors (Lipinski definition) is 4. The van der Waals surface area contributed by atoms with E-state index in [1.807, 2.05) is 16.8 Å². The van der Waals surface area contributed by atoms with E-state index in [-0.39, 0.29) is 6.16 Å². The first kappa shape index (κ1) is 17.8. The highest BCUT2D eigenvalue weighted by atomic mass is 32.1. The van der Waals surface area contributed by atoms with Crippen LogP contribution in [0.5, 0.6) is 0 Å². The molecule has 0 bridgehead atoms. The summed E-state index contributed by atoms with van der Waals surface area (Å²) in [5.74, 6) is -2.43. The molecule has 1 unspecified atom stereocenters. The van der Waals surface area contributed by atoms with E-state index in [1.54, 1.807) is 11.3 Å². The van der Waals surface area contributed by atoms with Crippen molar-refractivity contribution < 1.29 is 29.3 Å². The SMILES string of the molecule is O=C(O)CC(CC(=O)O)NP(=O)(O)CCCc1ccsc1. The molecule has 9 heteroatoms. The van der Waals surface area contributed by atoms with Gasteiger partial charge in [-0.1, -0.05) is 0 Å². The van der Waals surface area contributed by atoms with Gasteiger partial charge in [0.2, 0.25) is 0 Å². The first-order valence-electron chi connectivity index (χ1n) is 6.33. The Morgan fingerprint density at radius 3 is 2.38 bits per heavy atom. The summed E-state index contributed by atoms with van der Waals surface area (Å²) in [7, 11) is -3.75. The average Bonchev–Trinajstić information content (AvgIpc) is 2.78. The highest BCUT2D eigenvalue weighted by Gasteiger charge is 2.26. The molecule has 0 aromatic carbocycles. The van der Waals surface area contributed by atoms with E-state index >= 15 is 0 Å². The van der Waals surface area contributed by atoms with Crippen molar-refractivity contribution in [2.24, 2.45) is 0 Å². The minimum atomic E-state index is -3.75. The van der Waals surface area contributed by atoms with Crippen LogP contribution in [0.25, 0.3) is 0 Å². The molecule has 0 aliphatic carbocycles. The van der Waals surface area contributed by atoms with E-state index in [2.05, 4.69) is 5.09 Å². The number of aliphatic carboxylic acids is 2. The third-order valence-electron chi connectivity index (χ3n) is 2.73. The molecule has 1 heterocycles. The minimum Gasteiger partial charge on any atom is -0.481 e. The summed E-state index contributed by atoms with van der Waals surface area (Å²) in [4.78, 5) is 31.1. The molecule has 0 saturated carbocycles. The van der Waals surface area contributed by atoms with Gasteiger partial charge in [-0.15, -0.1) is 0 Å². The van der Waals surface area contributed by atoms with Gasteiger partial charge in [-0.25, -0.2) is 5.09 Å².